The summed E-state index contributed by atoms with van der Waals surface area (Å²) in [5.41, 5.74) is 2.03. The fourth-order valence-electron chi connectivity index (χ4n) is 3.60. The SMILES string of the molecule is CCc1cccc(NC(=O)CNC(=NC)NCC(c2cccs2)N2CCCC2)c1.I. The second-order valence-electron chi connectivity index (χ2n) is 7.18. The maximum absolute atomic E-state index is 12.3. The minimum Gasteiger partial charge on any atom is -0.354 e. The molecule has 164 valence electrons. The Morgan fingerprint density at radius 2 is 2.00 bits per heavy atom. The van der Waals surface area contributed by atoms with Gasteiger partial charge in [-0.25, -0.2) is 0 Å². The van der Waals surface area contributed by atoms with Crippen LogP contribution in [0, 0.1) is 0 Å². The van der Waals surface area contributed by atoms with E-state index >= 15 is 0 Å². The van der Waals surface area contributed by atoms with Crippen LogP contribution in [0.15, 0.2) is 46.8 Å². The van der Waals surface area contributed by atoms with E-state index in [2.05, 4.69) is 56.3 Å². The number of amides is 1. The summed E-state index contributed by atoms with van der Waals surface area (Å²) in [6, 6.07) is 12.6. The number of nitrogens with zero attached hydrogens (tertiary/aromatic N) is 2. The topological polar surface area (TPSA) is 68.8 Å². The average Bonchev–Trinajstić information content (AvgIpc) is 3.45. The Balaban J connectivity index is 0.00000320. The Morgan fingerprint density at radius 3 is 2.67 bits per heavy atom. The number of likely N-dealkylation sites (tertiary alicyclic amines) is 1. The van der Waals surface area contributed by atoms with Crippen LogP contribution in [0.3, 0.4) is 0 Å². The maximum atomic E-state index is 12.3. The highest BCUT2D eigenvalue weighted by Gasteiger charge is 2.24. The lowest BCUT2D eigenvalue weighted by molar-refractivity contribution is -0.115. The van der Waals surface area contributed by atoms with Gasteiger partial charge in [0.1, 0.15) is 0 Å². The summed E-state index contributed by atoms with van der Waals surface area (Å²) in [6.07, 6.45) is 3.46. The molecule has 1 aliphatic heterocycles. The zero-order valence-corrected chi connectivity index (χ0v) is 20.8. The molecule has 2 heterocycles. The molecule has 0 bridgehead atoms. The summed E-state index contributed by atoms with van der Waals surface area (Å²) in [5.74, 6) is 0.554. The smallest absolute Gasteiger partial charge is 0.243 e. The first kappa shape index (κ1) is 24.6. The number of halogens is 1. The lowest BCUT2D eigenvalue weighted by Gasteiger charge is -2.27. The quantitative estimate of drug-likeness (QED) is 0.270. The predicted molar refractivity (Wildman–Crippen MR) is 137 cm³/mol. The minimum atomic E-state index is -0.0875. The number of benzene rings is 1. The van der Waals surface area contributed by atoms with Crippen molar-refractivity contribution in [1.82, 2.24) is 15.5 Å². The van der Waals surface area contributed by atoms with Gasteiger partial charge >= 0.3 is 0 Å². The Kier molecular flexibility index (Phi) is 10.6. The van der Waals surface area contributed by atoms with Gasteiger partial charge in [-0.1, -0.05) is 25.1 Å². The second kappa shape index (κ2) is 12.9. The fourth-order valence-corrected chi connectivity index (χ4v) is 4.46. The van der Waals surface area contributed by atoms with Gasteiger partial charge in [-0.2, -0.15) is 0 Å². The monoisotopic (exact) mass is 541 g/mol. The average molecular weight is 542 g/mol. The van der Waals surface area contributed by atoms with Crippen LogP contribution in [0.2, 0.25) is 0 Å². The van der Waals surface area contributed by atoms with Crippen molar-refractivity contribution in [3.05, 3.63) is 52.2 Å². The highest BCUT2D eigenvalue weighted by atomic mass is 127. The van der Waals surface area contributed by atoms with E-state index < -0.39 is 0 Å². The van der Waals surface area contributed by atoms with E-state index in [0.29, 0.717) is 12.0 Å². The number of rotatable bonds is 8. The fraction of sp³-hybridized carbons (Fsp3) is 0.455. The van der Waals surface area contributed by atoms with Crippen LogP contribution in [-0.2, 0) is 11.2 Å². The number of aryl methyl sites for hydroxylation is 1. The predicted octanol–water partition coefficient (Wildman–Crippen LogP) is 3.87. The van der Waals surface area contributed by atoms with Gasteiger partial charge in [0.15, 0.2) is 5.96 Å². The van der Waals surface area contributed by atoms with Gasteiger partial charge in [0.2, 0.25) is 5.91 Å². The normalized spacial score (nSPS) is 15.3. The van der Waals surface area contributed by atoms with Crippen LogP contribution in [0.4, 0.5) is 5.69 Å². The molecule has 3 N–H and O–H groups in total. The van der Waals surface area contributed by atoms with Crippen molar-refractivity contribution in [2.75, 3.05) is 38.5 Å². The van der Waals surface area contributed by atoms with Crippen molar-refractivity contribution < 1.29 is 4.79 Å². The largest absolute Gasteiger partial charge is 0.354 e. The molecule has 1 aromatic heterocycles. The zero-order chi connectivity index (χ0) is 20.5. The van der Waals surface area contributed by atoms with E-state index in [0.717, 1.165) is 31.7 Å². The molecule has 1 saturated heterocycles. The molecule has 30 heavy (non-hydrogen) atoms. The molecule has 3 rings (SSSR count). The van der Waals surface area contributed by atoms with Crippen molar-refractivity contribution in [3.63, 3.8) is 0 Å². The summed E-state index contributed by atoms with van der Waals surface area (Å²) in [5, 5.41) is 11.6. The Morgan fingerprint density at radius 1 is 1.20 bits per heavy atom. The third-order valence-electron chi connectivity index (χ3n) is 5.17. The summed E-state index contributed by atoms with van der Waals surface area (Å²) in [7, 11) is 1.73. The Hall–Kier alpha value is -1.65. The molecular formula is C22H32IN5OS. The molecule has 1 fully saturated rings. The third-order valence-corrected chi connectivity index (χ3v) is 6.15. The van der Waals surface area contributed by atoms with Crippen molar-refractivity contribution in [2.24, 2.45) is 4.99 Å². The third kappa shape index (κ3) is 7.24. The van der Waals surface area contributed by atoms with E-state index in [1.807, 2.05) is 18.2 Å². The molecule has 0 saturated carbocycles. The first-order chi connectivity index (χ1) is 14.2. The summed E-state index contributed by atoms with van der Waals surface area (Å²) in [6.45, 7) is 5.30. The van der Waals surface area contributed by atoms with Crippen LogP contribution < -0.4 is 16.0 Å². The van der Waals surface area contributed by atoms with Gasteiger partial charge in [-0.15, -0.1) is 35.3 Å². The number of aliphatic imine (C=N–C) groups is 1. The van der Waals surface area contributed by atoms with Crippen LogP contribution in [0.1, 0.15) is 36.2 Å². The maximum Gasteiger partial charge on any atom is 0.243 e. The molecule has 8 heteroatoms. The summed E-state index contributed by atoms with van der Waals surface area (Å²) >= 11 is 1.79. The molecule has 1 unspecified atom stereocenters. The van der Waals surface area contributed by atoms with Gasteiger partial charge in [-0.05, 0) is 61.5 Å². The summed E-state index contributed by atoms with van der Waals surface area (Å²) in [4.78, 5) is 20.5. The highest BCUT2D eigenvalue weighted by Crippen LogP contribution is 2.27. The Labute approximate surface area is 200 Å². The van der Waals surface area contributed by atoms with Gasteiger partial charge in [0, 0.05) is 24.2 Å². The van der Waals surface area contributed by atoms with Crippen molar-refractivity contribution in [2.45, 2.75) is 32.2 Å². The molecule has 0 spiro atoms. The van der Waals surface area contributed by atoms with Gasteiger partial charge in [0.25, 0.3) is 0 Å². The summed E-state index contributed by atoms with van der Waals surface area (Å²) < 4.78 is 0. The van der Waals surface area contributed by atoms with Gasteiger partial charge in [-0.3, -0.25) is 14.7 Å². The molecule has 1 aliphatic rings. The molecule has 6 nitrogen and oxygen atoms in total. The van der Waals surface area contributed by atoms with Crippen LogP contribution in [0.25, 0.3) is 0 Å². The molecule has 0 radical (unpaired) electrons. The number of carbonyl (C=O) groups excluding carboxylic acids is 1. The number of hydrogen-bond acceptors (Lipinski definition) is 4. The lowest BCUT2D eigenvalue weighted by Crippen LogP contribution is -2.44. The van der Waals surface area contributed by atoms with Gasteiger partial charge < -0.3 is 16.0 Å². The second-order valence-corrected chi connectivity index (χ2v) is 8.16. The number of hydrogen-bond donors (Lipinski definition) is 3. The highest BCUT2D eigenvalue weighted by molar-refractivity contribution is 14.0. The van der Waals surface area contributed by atoms with Crippen molar-refractivity contribution in [3.8, 4) is 0 Å². The van der Waals surface area contributed by atoms with Gasteiger partial charge in [0.05, 0.1) is 12.6 Å². The standard InChI is InChI=1S/C22H31N5OS.HI/c1-3-17-8-6-9-18(14-17)26-21(28)16-25-22(23-2)24-15-19(20-10-7-13-29-20)27-11-4-5-12-27;/h6-10,13-14,19H,3-5,11-12,15-16H2,1-2H3,(H,26,28)(H2,23,24,25);1H. The first-order valence-corrected chi connectivity index (χ1v) is 11.2. The van der Waals surface area contributed by atoms with E-state index in [9.17, 15) is 4.79 Å². The molecule has 0 aliphatic carbocycles. The lowest BCUT2D eigenvalue weighted by atomic mass is 10.1. The molecule has 1 aromatic carbocycles. The minimum absolute atomic E-state index is 0. The van der Waals surface area contributed by atoms with Crippen LogP contribution in [0.5, 0.6) is 0 Å². The van der Waals surface area contributed by atoms with Crippen LogP contribution in [-0.4, -0.2) is 50.0 Å². The van der Waals surface area contributed by atoms with E-state index in [1.54, 1.807) is 18.4 Å². The van der Waals surface area contributed by atoms with E-state index in [1.165, 1.54) is 23.3 Å². The number of nitrogens with one attached hydrogen (secondary N) is 3. The number of anilines is 1. The molecule has 2 aromatic rings. The van der Waals surface area contributed by atoms with E-state index in [4.69, 9.17) is 0 Å². The Bertz CT molecular complexity index is 806. The van der Waals surface area contributed by atoms with Crippen molar-refractivity contribution in [1.29, 1.82) is 0 Å². The molecule has 1 amide bonds. The number of carbonyl (C=O) groups is 1. The number of guanidine groups is 1. The zero-order valence-electron chi connectivity index (χ0n) is 17.7. The van der Waals surface area contributed by atoms with E-state index in [-0.39, 0.29) is 36.4 Å². The van der Waals surface area contributed by atoms with Crippen molar-refractivity contribution >= 4 is 52.9 Å². The molecular weight excluding hydrogens is 509 g/mol. The number of thiophene rings is 1. The molecule has 1 atom stereocenters. The van der Waals surface area contributed by atoms with Crippen LogP contribution >= 0.6 is 35.3 Å². The first-order valence-electron chi connectivity index (χ1n) is 10.3.